The number of aliphatic imine (C=N–C) groups is 1. The van der Waals surface area contributed by atoms with Crippen LogP contribution in [0.25, 0.3) is 0 Å². The van der Waals surface area contributed by atoms with Crippen molar-refractivity contribution in [3.8, 4) is 0 Å². The zero-order valence-corrected chi connectivity index (χ0v) is 17.5. The van der Waals surface area contributed by atoms with Gasteiger partial charge in [-0.15, -0.1) is 0 Å². The largest absolute Gasteiger partial charge is 0.335 e. The first-order chi connectivity index (χ1) is 14.1. The molecule has 0 aliphatic carbocycles. The lowest BCUT2D eigenvalue weighted by Crippen LogP contribution is -3.11. The van der Waals surface area contributed by atoms with Gasteiger partial charge in [0.1, 0.15) is 5.82 Å². The zero-order chi connectivity index (χ0) is 20.8. The average Bonchev–Trinajstić information content (AvgIpc) is 2.74. The van der Waals surface area contributed by atoms with Crippen LogP contribution in [0.4, 0.5) is 5.82 Å². The van der Waals surface area contributed by atoms with Crippen LogP contribution >= 0.6 is 11.6 Å². The molecule has 2 heterocycles. The maximum Gasteiger partial charge on any atom is 0.266 e. The summed E-state index contributed by atoms with van der Waals surface area (Å²) in [7, 11) is 0. The number of hydrogen-bond acceptors (Lipinski definition) is 4. The summed E-state index contributed by atoms with van der Waals surface area (Å²) in [6, 6.07) is 10.4. The van der Waals surface area contributed by atoms with E-state index in [0.717, 1.165) is 31.0 Å². The molecule has 0 saturated carbocycles. The number of hydrogen-bond donors (Lipinski definition) is 1. The number of imide groups is 1. The summed E-state index contributed by atoms with van der Waals surface area (Å²) < 4.78 is 0. The lowest BCUT2D eigenvalue weighted by Gasteiger charge is -2.30. The van der Waals surface area contributed by atoms with Crippen LogP contribution in [-0.4, -0.2) is 49.2 Å². The third-order valence-corrected chi connectivity index (χ3v) is 5.45. The maximum absolute atomic E-state index is 13.2. The number of aromatic nitrogens is 1. The number of amides is 2. The first-order valence-corrected chi connectivity index (χ1v) is 10.4. The van der Waals surface area contributed by atoms with Crippen LogP contribution in [0.2, 0.25) is 5.02 Å². The molecule has 2 aromatic rings. The second-order valence-electron chi connectivity index (χ2n) is 6.99. The quantitative estimate of drug-likeness (QED) is 0.410. The van der Waals surface area contributed by atoms with Crippen LogP contribution in [0, 0.1) is 0 Å². The van der Waals surface area contributed by atoms with Gasteiger partial charge >= 0.3 is 0 Å². The summed E-state index contributed by atoms with van der Waals surface area (Å²) in [5, 5.41) is 0.444. The first-order valence-electron chi connectivity index (χ1n) is 9.99. The van der Waals surface area contributed by atoms with Gasteiger partial charge in [-0.25, -0.2) is 9.88 Å². The predicted molar refractivity (Wildman–Crippen MR) is 115 cm³/mol. The number of carbonyl (C=O) groups is 2. The van der Waals surface area contributed by atoms with Gasteiger partial charge in [0.2, 0.25) is 5.91 Å². The fourth-order valence-corrected chi connectivity index (χ4v) is 3.63. The highest BCUT2D eigenvalue weighted by molar-refractivity contribution is 6.31. The van der Waals surface area contributed by atoms with E-state index < -0.39 is 5.92 Å². The molecule has 0 radical (unpaired) electrons. The molecule has 0 bridgehead atoms. The van der Waals surface area contributed by atoms with E-state index in [2.05, 4.69) is 23.8 Å². The molecule has 1 aliphatic rings. The molecule has 1 aliphatic heterocycles. The highest BCUT2D eigenvalue weighted by atomic mass is 35.5. The molecule has 1 aromatic heterocycles. The fraction of sp³-hybridized carbons (Fsp3) is 0.364. The molecule has 152 valence electrons. The first kappa shape index (κ1) is 21.1. The lowest BCUT2D eigenvalue weighted by atomic mass is 9.89. The number of nitrogens with one attached hydrogen (secondary N) is 1. The smallest absolute Gasteiger partial charge is 0.266 e. The van der Waals surface area contributed by atoms with Crippen molar-refractivity contribution in [3.05, 3.63) is 58.7 Å². The van der Waals surface area contributed by atoms with Crippen molar-refractivity contribution in [2.75, 3.05) is 31.1 Å². The fourth-order valence-electron chi connectivity index (χ4n) is 3.52. The summed E-state index contributed by atoms with van der Waals surface area (Å²) in [6.45, 7) is 8.26. The molecule has 29 heavy (non-hydrogen) atoms. The Hall–Kier alpha value is -2.57. The van der Waals surface area contributed by atoms with E-state index in [0.29, 0.717) is 22.7 Å². The van der Waals surface area contributed by atoms with Crippen molar-refractivity contribution in [1.82, 2.24) is 4.98 Å². The van der Waals surface area contributed by atoms with E-state index in [9.17, 15) is 9.59 Å². The number of benzene rings is 1. The van der Waals surface area contributed by atoms with Gasteiger partial charge in [-0.3, -0.25) is 14.6 Å². The molecule has 1 N–H and O–H groups in total. The molecule has 1 unspecified atom stereocenters. The molecular formula is C22H26ClN4O2+. The van der Waals surface area contributed by atoms with Gasteiger partial charge in [0.25, 0.3) is 5.91 Å². The van der Waals surface area contributed by atoms with E-state index in [-0.39, 0.29) is 17.6 Å². The summed E-state index contributed by atoms with van der Waals surface area (Å²) in [5.41, 5.74) is 1.18. The summed E-state index contributed by atoms with van der Waals surface area (Å²) >= 11 is 5.90. The number of anilines is 1. The SMILES string of the molecule is CC[NH+](CC)CCCN=CC1C(=O)N(c2ccc(Cl)cn2)C(=O)c2ccccc21. The highest BCUT2D eigenvalue weighted by Crippen LogP contribution is 2.31. The van der Waals surface area contributed by atoms with Gasteiger partial charge in [0.05, 0.1) is 30.6 Å². The Morgan fingerprint density at radius 2 is 1.93 bits per heavy atom. The Balaban J connectivity index is 1.83. The number of nitrogens with zero attached hydrogens (tertiary/aromatic N) is 3. The van der Waals surface area contributed by atoms with E-state index in [4.69, 9.17) is 11.6 Å². The zero-order valence-electron chi connectivity index (χ0n) is 16.8. The van der Waals surface area contributed by atoms with Crippen LogP contribution in [0.1, 0.15) is 42.1 Å². The number of carbonyl (C=O) groups excluding carboxylic acids is 2. The van der Waals surface area contributed by atoms with Crippen LogP contribution in [0.5, 0.6) is 0 Å². The molecule has 1 aromatic carbocycles. The average molecular weight is 414 g/mol. The van der Waals surface area contributed by atoms with Crippen molar-refractivity contribution < 1.29 is 14.5 Å². The Labute approximate surface area is 176 Å². The lowest BCUT2D eigenvalue weighted by molar-refractivity contribution is -0.896. The Bertz CT molecular complexity index is 894. The molecule has 6 nitrogen and oxygen atoms in total. The number of quaternary nitrogens is 1. The van der Waals surface area contributed by atoms with Crippen LogP contribution < -0.4 is 9.80 Å². The summed E-state index contributed by atoms with van der Waals surface area (Å²) in [5.74, 6) is -1.07. The van der Waals surface area contributed by atoms with Crippen molar-refractivity contribution in [2.45, 2.75) is 26.2 Å². The topological polar surface area (TPSA) is 67.1 Å². The van der Waals surface area contributed by atoms with E-state index in [1.54, 1.807) is 30.5 Å². The third kappa shape index (κ3) is 4.71. The molecule has 0 fully saturated rings. The van der Waals surface area contributed by atoms with Crippen molar-refractivity contribution in [3.63, 3.8) is 0 Å². The minimum atomic E-state index is -0.609. The van der Waals surface area contributed by atoms with E-state index >= 15 is 0 Å². The second-order valence-corrected chi connectivity index (χ2v) is 7.43. The van der Waals surface area contributed by atoms with Crippen LogP contribution in [0.3, 0.4) is 0 Å². The van der Waals surface area contributed by atoms with Crippen molar-refractivity contribution >= 4 is 35.4 Å². The monoisotopic (exact) mass is 413 g/mol. The number of fused-ring (bicyclic) bond motifs is 1. The predicted octanol–water partition coefficient (Wildman–Crippen LogP) is 2.39. The third-order valence-electron chi connectivity index (χ3n) is 5.23. The van der Waals surface area contributed by atoms with Crippen LogP contribution in [0.15, 0.2) is 47.6 Å². The van der Waals surface area contributed by atoms with Gasteiger partial charge < -0.3 is 4.90 Å². The standard InChI is InChI=1S/C22H25ClN4O2/c1-3-26(4-2)13-7-12-24-15-19-17-8-5-6-9-18(17)21(28)27(22(19)29)20-11-10-16(23)14-25-20/h5-6,8-11,14-15,19H,3-4,7,12-13H2,1-2H3/p+1. The molecular weight excluding hydrogens is 388 g/mol. The molecule has 2 amide bonds. The molecule has 0 spiro atoms. The Morgan fingerprint density at radius 1 is 1.17 bits per heavy atom. The van der Waals surface area contributed by atoms with Crippen molar-refractivity contribution in [1.29, 1.82) is 0 Å². The van der Waals surface area contributed by atoms with E-state index in [1.807, 2.05) is 12.1 Å². The Kier molecular flexibility index (Phi) is 7.12. The second kappa shape index (κ2) is 9.76. The minimum absolute atomic E-state index is 0.266. The number of rotatable bonds is 8. The number of halogens is 1. The van der Waals surface area contributed by atoms with Gasteiger partial charge in [0, 0.05) is 30.9 Å². The molecule has 0 saturated heterocycles. The number of pyridine rings is 1. The highest BCUT2D eigenvalue weighted by Gasteiger charge is 2.39. The van der Waals surface area contributed by atoms with E-state index in [1.165, 1.54) is 11.1 Å². The summed E-state index contributed by atoms with van der Waals surface area (Å²) in [4.78, 5) is 37.5. The van der Waals surface area contributed by atoms with Crippen LogP contribution in [-0.2, 0) is 4.79 Å². The molecule has 7 heteroatoms. The normalized spacial score (nSPS) is 16.7. The summed E-state index contributed by atoms with van der Waals surface area (Å²) in [6.07, 6.45) is 4.06. The van der Waals surface area contributed by atoms with Gasteiger partial charge in [0.15, 0.2) is 0 Å². The molecule has 3 rings (SSSR count). The minimum Gasteiger partial charge on any atom is -0.335 e. The van der Waals surface area contributed by atoms with Crippen molar-refractivity contribution in [2.24, 2.45) is 4.99 Å². The van der Waals surface area contributed by atoms with Gasteiger partial charge in [-0.05, 0) is 37.6 Å². The maximum atomic E-state index is 13.2. The van der Waals surface area contributed by atoms with Gasteiger partial charge in [-0.1, -0.05) is 29.8 Å². The molecule has 1 atom stereocenters. The van der Waals surface area contributed by atoms with Gasteiger partial charge in [-0.2, -0.15) is 0 Å². The Morgan fingerprint density at radius 3 is 2.62 bits per heavy atom.